The molecule has 2 aromatic carbocycles. The van der Waals surface area contributed by atoms with Crippen LogP contribution in [0.4, 0.5) is 0 Å². The van der Waals surface area contributed by atoms with Crippen molar-refractivity contribution in [3.05, 3.63) is 64.2 Å². The van der Waals surface area contributed by atoms with Crippen molar-refractivity contribution in [3.63, 3.8) is 0 Å². The molecule has 1 aliphatic rings. The van der Waals surface area contributed by atoms with Gasteiger partial charge in [-0.3, -0.25) is 9.59 Å². The molecule has 8 heteroatoms. The number of benzene rings is 2. The van der Waals surface area contributed by atoms with Gasteiger partial charge in [-0.15, -0.1) is 0 Å². The first-order valence-corrected chi connectivity index (χ1v) is 10.8. The Morgan fingerprint density at radius 1 is 1.19 bits per heavy atom. The molecule has 0 spiro atoms. The van der Waals surface area contributed by atoms with Crippen LogP contribution in [0.5, 0.6) is 11.5 Å². The van der Waals surface area contributed by atoms with Crippen LogP contribution in [0, 0.1) is 0 Å². The molecule has 1 saturated heterocycles. The van der Waals surface area contributed by atoms with Gasteiger partial charge in [0.2, 0.25) is 0 Å². The van der Waals surface area contributed by atoms with Crippen LogP contribution in [0.15, 0.2) is 48.0 Å². The van der Waals surface area contributed by atoms with Gasteiger partial charge in [0.25, 0.3) is 11.7 Å². The molecule has 1 amide bonds. The van der Waals surface area contributed by atoms with Gasteiger partial charge in [-0.25, -0.2) is 0 Å². The average Bonchev–Trinajstić information content (AvgIpc) is 3.00. The van der Waals surface area contributed by atoms with E-state index in [-0.39, 0.29) is 21.9 Å². The zero-order valence-electron chi connectivity index (χ0n) is 18.3. The summed E-state index contributed by atoms with van der Waals surface area (Å²) in [5, 5.41) is 21.6. The number of hydrogen-bond acceptors (Lipinski definition) is 6. The van der Waals surface area contributed by atoms with Gasteiger partial charge in [0.1, 0.15) is 17.3 Å². The quantitative estimate of drug-likeness (QED) is 0.355. The lowest BCUT2D eigenvalue weighted by atomic mass is 9.95. The monoisotopic (exact) mass is 458 g/mol. The summed E-state index contributed by atoms with van der Waals surface area (Å²) in [7, 11) is 3.86. The highest BCUT2D eigenvalue weighted by Gasteiger charge is 2.46. The van der Waals surface area contributed by atoms with Crippen LogP contribution in [-0.4, -0.2) is 65.5 Å². The van der Waals surface area contributed by atoms with Crippen LogP contribution in [0.25, 0.3) is 5.76 Å². The van der Waals surface area contributed by atoms with E-state index < -0.39 is 23.5 Å². The summed E-state index contributed by atoms with van der Waals surface area (Å²) in [6, 6.07) is 10.4. The number of aromatic hydroxyl groups is 1. The summed E-state index contributed by atoms with van der Waals surface area (Å²) < 4.78 is 5.59. The number of nitrogens with zero attached hydrogens (tertiary/aromatic N) is 2. The Morgan fingerprint density at radius 2 is 1.94 bits per heavy atom. The Morgan fingerprint density at radius 3 is 2.62 bits per heavy atom. The summed E-state index contributed by atoms with van der Waals surface area (Å²) in [4.78, 5) is 29.5. The largest absolute Gasteiger partial charge is 0.507 e. The second-order valence-corrected chi connectivity index (χ2v) is 8.25. The fraction of sp³-hybridized carbons (Fsp3) is 0.333. The van der Waals surface area contributed by atoms with Gasteiger partial charge in [0.15, 0.2) is 0 Å². The number of ketones is 1. The molecule has 0 aliphatic carbocycles. The number of carbonyl (C=O) groups excluding carboxylic acids is 2. The maximum absolute atomic E-state index is 13.1. The van der Waals surface area contributed by atoms with Crippen molar-refractivity contribution in [2.45, 2.75) is 19.4 Å². The number of rotatable bonds is 8. The summed E-state index contributed by atoms with van der Waals surface area (Å²) in [5.41, 5.74) is 0.531. The SMILES string of the molecule is CCOc1cccc(C2C(=C(O)c3cc(Cl)ccc3O)C(=O)C(=O)N2CCCN(C)C)c1. The number of phenolic OH excluding ortho intramolecular Hbond substituents is 1. The van der Waals surface area contributed by atoms with Crippen LogP contribution < -0.4 is 4.74 Å². The van der Waals surface area contributed by atoms with E-state index in [0.29, 0.717) is 30.9 Å². The zero-order chi connectivity index (χ0) is 23.4. The molecule has 170 valence electrons. The highest BCUT2D eigenvalue weighted by atomic mass is 35.5. The summed E-state index contributed by atoms with van der Waals surface area (Å²) in [6.45, 7) is 3.37. The van der Waals surface area contributed by atoms with E-state index in [2.05, 4.69) is 0 Å². The van der Waals surface area contributed by atoms with Crippen molar-refractivity contribution < 1.29 is 24.5 Å². The Bertz CT molecular complexity index is 1050. The molecule has 0 aromatic heterocycles. The molecule has 0 saturated carbocycles. The lowest BCUT2D eigenvalue weighted by molar-refractivity contribution is -0.139. The second-order valence-electron chi connectivity index (χ2n) is 7.82. The molecule has 2 aromatic rings. The van der Waals surface area contributed by atoms with Gasteiger partial charge in [-0.1, -0.05) is 23.7 Å². The second kappa shape index (κ2) is 10.1. The van der Waals surface area contributed by atoms with Crippen LogP contribution >= 0.6 is 11.6 Å². The molecular formula is C24H27ClN2O5. The third-order valence-corrected chi connectivity index (χ3v) is 5.48. The molecule has 0 radical (unpaired) electrons. The van der Waals surface area contributed by atoms with Crippen LogP contribution in [0.3, 0.4) is 0 Å². The molecule has 1 heterocycles. The fourth-order valence-corrected chi connectivity index (χ4v) is 3.97. The lowest BCUT2D eigenvalue weighted by Gasteiger charge is -2.26. The van der Waals surface area contributed by atoms with Gasteiger partial charge in [-0.2, -0.15) is 0 Å². The molecule has 0 bridgehead atoms. The van der Waals surface area contributed by atoms with Gasteiger partial charge in [-0.05, 0) is 69.9 Å². The molecule has 2 N–H and O–H groups in total. The number of amides is 1. The highest BCUT2D eigenvalue weighted by Crippen LogP contribution is 2.41. The van der Waals surface area contributed by atoms with Crippen molar-refractivity contribution in [1.29, 1.82) is 0 Å². The molecule has 1 fully saturated rings. The van der Waals surface area contributed by atoms with E-state index in [4.69, 9.17) is 16.3 Å². The first-order valence-electron chi connectivity index (χ1n) is 10.4. The van der Waals surface area contributed by atoms with E-state index in [1.807, 2.05) is 25.9 Å². The number of likely N-dealkylation sites (tertiary alicyclic amines) is 1. The maximum atomic E-state index is 13.1. The van der Waals surface area contributed by atoms with Gasteiger partial charge in [0.05, 0.1) is 23.8 Å². The molecule has 32 heavy (non-hydrogen) atoms. The topological polar surface area (TPSA) is 90.3 Å². The number of aliphatic hydroxyl groups excluding tert-OH is 1. The molecule has 1 aliphatic heterocycles. The first-order chi connectivity index (χ1) is 15.2. The number of ether oxygens (including phenoxy) is 1. The van der Waals surface area contributed by atoms with E-state index in [1.54, 1.807) is 24.3 Å². The van der Waals surface area contributed by atoms with Crippen molar-refractivity contribution >= 4 is 29.1 Å². The summed E-state index contributed by atoms with van der Waals surface area (Å²) >= 11 is 6.04. The van der Waals surface area contributed by atoms with E-state index in [0.717, 1.165) is 6.54 Å². The summed E-state index contributed by atoms with van der Waals surface area (Å²) in [5.74, 6) is -1.62. The Hall–Kier alpha value is -3.03. The molecule has 1 unspecified atom stereocenters. The van der Waals surface area contributed by atoms with Crippen LogP contribution in [0.2, 0.25) is 5.02 Å². The molecule has 1 atom stereocenters. The number of aliphatic hydroxyl groups is 1. The fourth-order valence-electron chi connectivity index (χ4n) is 3.80. The van der Waals surface area contributed by atoms with Gasteiger partial charge >= 0.3 is 0 Å². The van der Waals surface area contributed by atoms with Crippen molar-refractivity contribution in [3.8, 4) is 11.5 Å². The van der Waals surface area contributed by atoms with E-state index in [1.165, 1.54) is 23.1 Å². The number of halogens is 1. The third kappa shape index (κ3) is 4.89. The standard InChI is InChI=1S/C24H27ClN2O5/c1-4-32-17-8-5-7-15(13-17)21-20(22(29)18-14-16(25)9-10-19(18)28)23(30)24(31)27(21)12-6-11-26(2)3/h5,7-10,13-14,21,28-29H,4,6,11-12H2,1-3H3. The van der Waals surface area contributed by atoms with Crippen LogP contribution in [-0.2, 0) is 9.59 Å². The Kier molecular flexibility index (Phi) is 7.43. The molecular weight excluding hydrogens is 432 g/mol. The van der Waals surface area contributed by atoms with E-state index in [9.17, 15) is 19.8 Å². The third-order valence-electron chi connectivity index (χ3n) is 5.24. The number of hydrogen-bond donors (Lipinski definition) is 2. The zero-order valence-corrected chi connectivity index (χ0v) is 19.1. The molecule has 7 nitrogen and oxygen atoms in total. The van der Waals surface area contributed by atoms with Gasteiger partial charge < -0.3 is 24.7 Å². The number of carbonyl (C=O) groups is 2. The van der Waals surface area contributed by atoms with Gasteiger partial charge in [0, 0.05) is 11.6 Å². The predicted octanol–water partition coefficient (Wildman–Crippen LogP) is 3.82. The number of Topliss-reactive ketones (excluding diaryl/α,β-unsaturated/α-hetero) is 1. The summed E-state index contributed by atoms with van der Waals surface area (Å²) in [6.07, 6.45) is 0.643. The Labute approximate surface area is 192 Å². The minimum absolute atomic E-state index is 0.00486. The smallest absolute Gasteiger partial charge is 0.295 e. The van der Waals surface area contributed by atoms with Crippen LogP contribution in [0.1, 0.15) is 30.5 Å². The normalized spacial score (nSPS) is 17.9. The lowest BCUT2D eigenvalue weighted by Crippen LogP contribution is -2.32. The maximum Gasteiger partial charge on any atom is 0.295 e. The number of phenols is 1. The minimum atomic E-state index is -0.823. The highest BCUT2D eigenvalue weighted by molar-refractivity contribution is 6.46. The average molecular weight is 459 g/mol. The van der Waals surface area contributed by atoms with E-state index >= 15 is 0 Å². The van der Waals surface area contributed by atoms with Crippen molar-refractivity contribution in [1.82, 2.24) is 9.80 Å². The first kappa shape index (κ1) is 23.6. The minimum Gasteiger partial charge on any atom is -0.507 e. The predicted molar refractivity (Wildman–Crippen MR) is 123 cm³/mol. The Balaban J connectivity index is 2.15. The van der Waals surface area contributed by atoms with Crippen molar-refractivity contribution in [2.75, 3.05) is 33.8 Å². The van der Waals surface area contributed by atoms with Crippen molar-refractivity contribution in [2.24, 2.45) is 0 Å². The molecule has 3 rings (SSSR count).